The molecule has 0 aliphatic heterocycles. The number of aromatic nitrogens is 1. The molecule has 102 valence electrons. The maximum atomic E-state index is 11.7. The van der Waals surface area contributed by atoms with E-state index in [0.29, 0.717) is 5.13 Å². The number of nitrogens with one attached hydrogen (secondary N) is 1. The molecule has 0 saturated heterocycles. The van der Waals surface area contributed by atoms with E-state index >= 15 is 0 Å². The van der Waals surface area contributed by atoms with E-state index in [1.54, 1.807) is 0 Å². The van der Waals surface area contributed by atoms with E-state index < -0.39 is 21.8 Å². The quantitative estimate of drug-likeness (QED) is 0.820. The van der Waals surface area contributed by atoms with Crippen molar-refractivity contribution in [2.24, 2.45) is 5.73 Å². The second kappa shape index (κ2) is 5.77. The zero-order valence-electron chi connectivity index (χ0n) is 10.6. The van der Waals surface area contributed by atoms with Crippen LogP contribution in [0.3, 0.4) is 0 Å². The lowest BCUT2D eigenvalue weighted by Crippen LogP contribution is -2.37. The Morgan fingerprint density at radius 2 is 2.11 bits per heavy atom. The molecule has 0 saturated carbocycles. The molecule has 0 aromatic carbocycles. The molecule has 8 heteroatoms. The van der Waals surface area contributed by atoms with Crippen LogP contribution in [0.1, 0.15) is 17.0 Å². The summed E-state index contributed by atoms with van der Waals surface area (Å²) in [6.45, 7) is 3.76. The molecule has 0 fully saturated rings. The van der Waals surface area contributed by atoms with Crippen LogP contribution >= 0.6 is 11.3 Å². The topological polar surface area (TPSA) is 102 Å². The van der Waals surface area contributed by atoms with Gasteiger partial charge in [0.1, 0.15) is 9.84 Å². The predicted octanol–water partition coefficient (Wildman–Crippen LogP) is 0.460. The predicted molar refractivity (Wildman–Crippen MR) is 72.5 cm³/mol. The summed E-state index contributed by atoms with van der Waals surface area (Å²) >= 11 is 1.37. The Balaban J connectivity index is 2.55. The van der Waals surface area contributed by atoms with Gasteiger partial charge < -0.3 is 11.1 Å². The van der Waals surface area contributed by atoms with Gasteiger partial charge >= 0.3 is 0 Å². The molecular weight excluding hydrogens is 274 g/mol. The zero-order valence-corrected chi connectivity index (χ0v) is 12.2. The van der Waals surface area contributed by atoms with Gasteiger partial charge in [-0.05, 0) is 20.3 Å². The lowest BCUT2D eigenvalue weighted by atomic mass is 10.2. The van der Waals surface area contributed by atoms with Gasteiger partial charge in [-0.3, -0.25) is 4.79 Å². The van der Waals surface area contributed by atoms with Crippen molar-refractivity contribution in [1.82, 2.24) is 4.98 Å². The monoisotopic (exact) mass is 291 g/mol. The van der Waals surface area contributed by atoms with Crippen LogP contribution in [0.25, 0.3) is 0 Å². The highest BCUT2D eigenvalue weighted by molar-refractivity contribution is 7.90. The lowest BCUT2D eigenvalue weighted by Gasteiger charge is -2.09. The van der Waals surface area contributed by atoms with Gasteiger partial charge in [-0.1, -0.05) is 0 Å². The number of sulfone groups is 1. The van der Waals surface area contributed by atoms with Crippen molar-refractivity contribution in [3.8, 4) is 0 Å². The van der Waals surface area contributed by atoms with Crippen molar-refractivity contribution in [3.63, 3.8) is 0 Å². The fourth-order valence-electron chi connectivity index (χ4n) is 1.20. The highest BCUT2D eigenvalue weighted by atomic mass is 32.2. The van der Waals surface area contributed by atoms with Crippen LogP contribution in [-0.4, -0.2) is 37.4 Å². The largest absolute Gasteiger partial charge is 0.320 e. The van der Waals surface area contributed by atoms with Crippen molar-refractivity contribution < 1.29 is 13.2 Å². The van der Waals surface area contributed by atoms with E-state index in [1.165, 1.54) is 11.3 Å². The molecule has 3 N–H and O–H groups in total. The number of hydrogen-bond donors (Lipinski definition) is 2. The van der Waals surface area contributed by atoms with E-state index in [9.17, 15) is 13.2 Å². The van der Waals surface area contributed by atoms with Crippen LogP contribution in [-0.2, 0) is 14.6 Å². The van der Waals surface area contributed by atoms with Gasteiger partial charge in [0.25, 0.3) is 0 Å². The highest BCUT2D eigenvalue weighted by Crippen LogP contribution is 2.21. The highest BCUT2D eigenvalue weighted by Gasteiger charge is 2.17. The van der Waals surface area contributed by atoms with E-state index in [1.807, 2.05) is 13.8 Å². The number of nitrogens with two attached hydrogens (primary N) is 1. The summed E-state index contributed by atoms with van der Waals surface area (Å²) in [4.78, 5) is 16.9. The number of carbonyl (C=O) groups is 1. The molecule has 1 aromatic heterocycles. The Morgan fingerprint density at radius 3 is 2.56 bits per heavy atom. The van der Waals surface area contributed by atoms with Crippen molar-refractivity contribution in [1.29, 1.82) is 0 Å². The Labute approximate surface area is 111 Å². The molecule has 1 unspecified atom stereocenters. The second-order valence-corrected chi connectivity index (χ2v) is 7.64. The standard InChI is InChI=1S/C10H17N3O3S2/c1-6-7(2)17-10(12-6)13-9(14)8(11)4-5-18(3,15)16/h8H,4-5,11H2,1-3H3,(H,12,13,14). The molecule has 0 aliphatic carbocycles. The van der Waals surface area contributed by atoms with Crippen LogP contribution < -0.4 is 11.1 Å². The van der Waals surface area contributed by atoms with E-state index in [4.69, 9.17) is 5.73 Å². The lowest BCUT2D eigenvalue weighted by molar-refractivity contribution is -0.117. The Bertz CT molecular complexity index is 517. The van der Waals surface area contributed by atoms with E-state index in [2.05, 4.69) is 10.3 Å². The fraction of sp³-hybridized carbons (Fsp3) is 0.600. The average molecular weight is 291 g/mol. The van der Waals surface area contributed by atoms with E-state index in [-0.39, 0.29) is 12.2 Å². The van der Waals surface area contributed by atoms with Gasteiger partial charge in [-0.2, -0.15) is 0 Å². The van der Waals surface area contributed by atoms with Gasteiger partial charge in [0.2, 0.25) is 5.91 Å². The SMILES string of the molecule is Cc1nc(NC(=O)C(N)CCS(C)(=O)=O)sc1C. The summed E-state index contributed by atoms with van der Waals surface area (Å²) in [6.07, 6.45) is 1.22. The minimum atomic E-state index is -3.10. The maximum Gasteiger partial charge on any atom is 0.243 e. The number of hydrogen-bond acceptors (Lipinski definition) is 6. The van der Waals surface area contributed by atoms with Crippen LogP contribution in [0.15, 0.2) is 0 Å². The maximum absolute atomic E-state index is 11.7. The summed E-state index contributed by atoms with van der Waals surface area (Å²) in [5.74, 6) is -0.510. The van der Waals surface area contributed by atoms with Gasteiger partial charge in [-0.15, -0.1) is 11.3 Å². The first kappa shape index (κ1) is 15.1. The zero-order chi connectivity index (χ0) is 13.9. The number of rotatable bonds is 5. The number of carbonyl (C=O) groups excluding carboxylic acids is 1. The van der Waals surface area contributed by atoms with Gasteiger partial charge in [0.05, 0.1) is 17.5 Å². The number of thiazole rings is 1. The third kappa shape index (κ3) is 4.71. The van der Waals surface area contributed by atoms with Crippen molar-refractivity contribution >= 4 is 32.2 Å². The van der Waals surface area contributed by atoms with Gasteiger partial charge in [0, 0.05) is 11.1 Å². The van der Waals surface area contributed by atoms with Crippen LogP contribution in [0, 0.1) is 13.8 Å². The average Bonchev–Trinajstić information content (AvgIpc) is 2.53. The number of nitrogens with zero attached hydrogens (tertiary/aromatic N) is 1. The van der Waals surface area contributed by atoms with Crippen LogP contribution in [0.2, 0.25) is 0 Å². The molecule has 1 aromatic rings. The molecule has 0 bridgehead atoms. The molecule has 0 aliphatic rings. The fourth-order valence-corrected chi connectivity index (χ4v) is 2.70. The first-order valence-electron chi connectivity index (χ1n) is 5.37. The third-order valence-corrected chi connectivity index (χ3v) is 4.36. The second-order valence-electron chi connectivity index (χ2n) is 4.17. The minimum absolute atomic E-state index is 0.0997. The molecule has 1 amide bonds. The molecule has 1 heterocycles. The first-order chi connectivity index (χ1) is 8.19. The molecule has 1 rings (SSSR count). The minimum Gasteiger partial charge on any atom is -0.320 e. The molecule has 6 nitrogen and oxygen atoms in total. The third-order valence-electron chi connectivity index (χ3n) is 2.40. The van der Waals surface area contributed by atoms with Gasteiger partial charge in [-0.25, -0.2) is 13.4 Å². The summed E-state index contributed by atoms with van der Waals surface area (Å²) in [7, 11) is -3.10. The molecule has 18 heavy (non-hydrogen) atoms. The molecule has 0 radical (unpaired) electrons. The summed E-state index contributed by atoms with van der Waals surface area (Å²) < 4.78 is 21.9. The van der Waals surface area contributed by atoms with Crippen molar-refractivity contribution in [2.75, 3.05) is 17.3 Å². The summed E-state index contributed by atoms with van der Waals surface area (Å²) in [6, 6.07) is -0.843. The Morgan fingerprint density at radius 1 is 1.50 bits per heavy atom. The Kier molecular flexibility index (Phi) is 4.83. The molecule has 0 spiro atoms. The van der Waals surface area contributed by atoms with Crippen molar-refractivity contribution in [2.45, 2.75) is 26.3 Å². The normalized spacial score (nSPS) is 13.3. The molecule has 1 atom stereocenters. The van der Waals surface area contributed by atoms with Crippen molar-refractivity contribution in [3.05, 3.63) is 10.6 Å². The number of anilines is 1. The summed E-state index contributed by atoms with van der Waals surface area (Å²) in [5, 5.41) is 3.08. The van der Waals surface area contributed by atoms with Crippen LogP contribution in [0.5, 0.6) is 0 Å². The van der Waals surface area contributed by atoms with Gasteiger partial charge in [0.15, 0.2) is 5.13 Å². The van der Waals surface area contributed by atoms with Crippen LogP contribution in [0.4, 0.5) is 5.13 Å². The first-order valence-corrected chi connectivity index (χ1v) is 8.25. The number of aryl methyl sites for hydroxylation is 2. The smallest absolute Gasteiger partial charge is 0.243 e. The Hall–Kier alpha value is -0.990. The summed E-state index contributed by atoms with van der Waals surface area (Å²) in [5.41, 5.74) is 6.48. The number of amides is 1. The molecular formula is C10H17N3O3S2. The van der Waals surface area contributed by atoms with E-state index in [0.717, 1.165) is 16.8 Å².